The van der Waals surface area contributed by atoms with Gasteiger partial charge in [-0.2, -0.15) is 0 Å². The summed E-state index contributed by atoms with van der Waals surface area (Å²) in [4.78, 5) is 41.3. The van der Waals surface area contributed by atoms with Crippen LogP contribution in [0.3, 0.4) is 0 Å². The summed E-state index contributed by atoms with van der Waals surface area (Å²) in [5.74, 6) is -0.454. The molecule has 0 bridgehead atoms. The smallest absolute Gasteiger partial charge is 0.408 e. The third kappa shape index (κ3) is 5.72. The lowest BCUT2D eigenvalue weighted by atomic mass is 10.1. The molecule has 0 aromatic heterocycles. The van der Waals surface area contributed by atoms with Crippen LogP contribution in [0.1, 0.15) is 44.5 Å². The summed E-state index contributed by atoms with van der Waals surface area (Å²) in [6.07, 6.45) is 1.19. The fraction of sp³-hybridized carbons (Fsp3) is 0.522. The van der Waals surface area contributed by atoms with E-state index in [1.165, 1.54) is 0 Å². The average Bonchev–Trinajstić information content (AvgIpc) is 3.28. The van der Waals surface area contributed by atoms with Crippen LogP contribution < -0.4 is 10.6 Å². The van der Waals surface area contributed by atoms with Gasteiger partial charge in [-0.1, -0.05) is 18.2 Å². The van der Waals surface area contributed by atoms with Gasteiger partial charge < -0.3 is 29.9 Å². The van der Waals surface area contributed by atoms with Crippen molar-refractivity contribution < 1.29 is 23.9 Å². The first-order valence-corrected chi connectivity index (χ1v) is 10.7. The van der Waals surface area contributed by atoms with Gasteiger partial charge in [-0.3, -0.25) is 9.59 Å². The van der Waals surface area contributed by atoms with Crippen molar-refractivity contribution in [1.82, 2.24) is 20.4 Å². The highest BCUT2D eigenvalue weighted by atomic mass is 16.6. The van der Waals surface area contributed by atoms with Crippen molar-refractivity contribution in [3.63, 3.8) is 0 Å². The minimum Gasteiger partial charge on any atom is -0.474 e. The number of nitrogens with zero attached hydrogens (tertiary/aromatic N) is 2. The lowest BCUT2D eigenvalue weighted by Crippen LogP contribution is -2.51. The molecule has 1 fully saturated rings. The lowest BCUT2D eigenvalue weighted by molar-refractivity contribution is -0.134. The number of likely N-dealkylation sites (N-methyl/N-ethyl adjacent to an activating group) is 1. The topological polar surface area (TPSA) is 100 Å². The number of alkyl carbamates (subject to hydrolysis) is 1. The Hall–Kier alpha value is -3.23. The number of benzene rings is 1. The summed E-state index contributed by atoms with van der Waals surface area (Å²) in [6, 6.07) is 8.43. The Morgan fingerprint density at radius 3 is 2.47 bits per heavy atom. The maximum absolute atomic E-state index is 13.0. The van der Waals surface area contributed by atoms with Crippen molar-refractivity contribution in [2.45, 2.75) is 58.0 Å². The molecule has 0 spiro atoms. The third-order valence-electron chi connectivity index (χ3n) is 5.46. The van der Waals surface area contributed by atoms with Gasteiger partial charge in [0, 0.05) is 30.9 Å². The number of hydrogen-bond donors (Lipinski definition) is 2. The molecule has 0 saturated carbocycles. The molecule has 1 aromatic carbocycles. The van der Waals surface area contributed by atoms with Crippen LogP contribution in [0.2, 0.25) is 0 Å². The molecule has 2 heterocycles. The largest absolute Gasteiger partial charge is 0.474 e. The summed E-state index contributed by atoms with van der Waals surface area (Å²) < 4.78 is 11.0. The van der Waals surface area contributed by atoms with Crippen LogP contribution in [-0.4, -0.2) is 71.8 Å². The summed E-state index contributed by atoms with van der Waals surface area (Å²) >= 11 is 0. The van der Waals surface area contributed by atoms with Crippen LogP contribution in [0, 0.1) is 0 Å². The fourth-order valence-electron chi connectivity index (χ4n) is 3.84. The number of rotatable bonds is 5. The Labute approximate surface area is 188 Å². The van der Waals surface area contributed by atoms with Crippen LogP contribution in [0.4, 0.5) is 4.79 Å². The second-order valence-electron chi connectivity index (χ2n) is 9.14. The molecule has 1 saturated heterocycles. The number of hydrogen-bond acceptors (Lipinski definition) is 6. The predicted molar refractivity (Wildman–Crippen MR) is 118 cm³/mol. The molecule has 2 aliphatic rings. The highest BCUT2D eigenvalue weighted by Crippen LogP contribution is 2.29. The van der Waals surface area contributed by atoms with Gasteiger partial charge in [0.2, 0.25) is 5.91 Å². The fourth-order valence-corrected chi connectivity index (χ4v) is 3.84. The monoisotopic (exact) mass is 444 g/mol. The van der Waals surface area contributed by atoms with Crippen LogP contribution >= 0.6 is 0 Å². The number of likely N-dealkylation sites (tertiary alicyclic amines) is 1. The van der Waals surface area contributed by atoms with E-state index in [0.29, 0.717) is 18.5 Å². The van der Waals surface area contributed by atoms with Crippen molar-refractivity contribution in [2.24, 2.45) is 0 Å². The highest BCUT2D eigenvalue weighted by Gasteiger charge is 2.44. The van der Waals surface area contributed by atoms with Crippen LogP contribution in [0.25, 0.3) is 0 Å². The molecule has 0 radical (unpaired) electrons. The molecule has 2 aliphatic heterocycles. The maximum Gasteiger partial charge on any atom is 0.408 e. The standard InChI is InChI=1S/C23H32N4O5/c1-15-14-31-21(26(15)5)18-11-17(25-20(29)16-9-7-6-8-10-16)13-27(18)19(28)12-24-22(30)32-23(2,3)4/h6-10,14,17-18,21H,11-13H2,1-5H3,(H,24,30)(H,25,29)/t17-,18+,21+/m1/s1. The van der Waals surface area contributed by atoms with Crippen molar-refractivity contribution in [3.8, 4) is 0 Å². The number of carbonyl (C=O) groups is 3. The Bertz CT molecular complexity index is 880. The summed E-state index contributed by atoms with van der Waals surface area (Å²) in [6.45, 7) is 7.33. The van der Waals surface area contributed by atoms with E-state index in [1.54, 1.807) is 56.2 Å². The van der Waals surface area contributed by atoms with Crippen LogP contribution in [0.15, 0.2) is 42.3 Å². The van der Waals surface area contributed by atoms with Gasteiger partial charge >= 0.3 is 6.09 Å². The van der Waals surface area contributed by atoms with E-state index in [2.05, 4.69) is 10.6 Å². The molecule has 1 aromatic rings. The van der Waals surface area contributed by atoms with Crippen molar-refractivity contribution in [2.75, 3.05) is 20.1 Å². The number of amides is 3. The zero-order valence-corrected chi connectivity index (χ0v) is 19.3. The van der Waals surface area contributed by atoms with Gasteiger partial charge in [0.15, 0.2) is 6.23 Å². The second kappa shape index (κ2) is 9.50. The summed E-state index contributed by atoms with van der Waals surface area (Å²) in [7, 11) is 1.90. The number of carbonyl (C=O) groups excluding carboxylic acids is 3. The minimum absolute atomic E-state index is 0.189. The summed E-state index contributed by atoms with van der Waals surface area (Å²) in [5.41, 5.74) is 0.859. The third-order valence-corrected chi connectivity index (χ3v) is 5.46. The molecule has 174 valence electrons. The molecule has 2 N–H and O–H groups in total. The van der Waals surface area contributed by atoms with Gasteiger partial charge in [-0.05, 0) is 46.2 Å². The van der Waals surface area contributed by atoms with E-state index in [-0.39, 0.29) is 36.7 Å². The van der Waals surface area contributed by atoms with Gasteiger partial charge in [0.05, 0.1) is 6.04 Å². The van der Waals surface area contributed by atoms with Gasteiger partial charge in [0.25, 0.3) is 5.91 Å². The highest BCUT2D eigenvalue weighted by molar-refractivity contribution is 5.94. The van der Waals surface area contributed by atoms with Crippen LogP contribution in [-0.2, 0) is 14.3 Å². The molecular formula is C23H32N4O5. The zero-order chi connectivity index (χ0) is 23.5. The van der Waals surface area contributed by atoms with E-state index in [4.69, 9.17) is 9.47 Å². The molecule has 0 aliphatic carbocycles. The van der Waals surface area contributed by atoms with Gasteiger partial charge in [-0.15, -0.1) is 0 Å². The number of nitrogens with one attached hydrogen (secondary N) is 2. The molecule has 0 unspecified atom stereocenters. The van der Waals surface area contributed by atoms with E-state index < -0.39 is 11.7 Å². The van der Waals surface area contributed by atoms with Crippen molar-refractivity contribution in [3.05, 3.63) is 47.9 Å². The normalized spacial score (nSPS) is 22.8. The molecule has 32 heavy (non-hydrogen) atoms. The molecule has 9 nitrogen and oxygen atoms in total. The minimum atomic E-state index is -0.653. The number of ether oxygens (including phenoxy) is 2. The van der Waals surface area contributed by atoms with E-state index >= 15 is 0 Å². The van der Waals surface area contributed by atoms with Crippen molar-refractivity contribution >= 4 is 17.9 Å². The first-order chi connectivity index (χ1) is 15.0. The first kappa shape index (κ1) is 23.4. The first-order valence-electron chi connectivity index (χ1n) is 10.7. The lowest BCUT2D eigenvalue weighted by Gasteiger charge is -2.33. The SMILES string of the molecule is CC1=CO[C@@H]([C@@H]2C[C@@H](NC(=O)c3ccccc3)CN2C(=O)CNC(=O)OC(C)(C)C)N1C. The van der Waals surface area contributed by atoms with E-state index in [9.17, 15) is 14.4 Å². The van der Waals surface area contributed by atoms with Gasteiger partial charge in [-0.25, -0.2) is 4.79 Å². The average molecular weight is 445 g/mol. The van der Waals surface area contributed by atoms with Crippen molar-refractivity contribution in [1.29, 1.82) is 0 Å². The van der Waals surface area contributed by atoms with Crippen LogP contribution in [0.5, 0.6) is 0 Å². The van der Waals surface area contributed by atoms with Gasteiger partial charge in [0.1, 0.15) is 18.4 Å². The Balaban J connectivity index is 1.67. The quantitative estimate of drug-likeness (QED) is 0.721. The second-order valence-corrected chi connectivity index (χ2v) is 9.14. The Morgan fingerprint density at radius 1 is 1.19 bits per heavy atom. The van der Waals surface area contributed by atoms with E-state index in [0.717, 1.165) is 5.70 Å². The zero-order valence-electron chi connectivity index (χ0n) is 19.3. The Morgan fingerprint density at radius 2 is 1.88 bits per heavy atom. The predicted octanol–water partition coefficient (Wildman–Crippen LogP) is 2.06. The molecule has 3 rings (SSSR count). The molecular weight excluding hydrogens is 412 g/mol. The molecule has 3 amide bonds. The summed E-state index contributed by atoms with van der Waals surface area (Å²) in [5, 5.41) is 5.54. The Kier molecular flexibility index (Phi) is 6.96. The number of allylic oxidation sites excluding steroid dienone is 1. The maximum atomic E-state index is 13.0. The van der Waals surface area contributed by atoms with E-state index in [1.807, 2.05) is 24.9 Å². The molecule has 9 heteroatoms. The molecule has 3 atom stereocenters.